The number of halogens is 1. The van der Waals surface area contributed by atoms with Crippen LogP contribution in [0.3, 0.4) is 0 Å². The molecule has 0 aliphatic carbocycles. The molecule has 2 aromatic carbocycles. The van der Waals surface area contributed by atoms with E-state index < -0.39 is 0 Å². The Morgan fingerprint density at radius 2 is 1.88 bits per heavy atom. The molecule has 0 unspecified atom stereocenters. The predicted octanol–water partition coefficient (Wildman–Crippen LogP) is 3.37. The summed E-state index contributed by atoms with van der Waals surface area (Å²) >= 11 is 5.88. The van der Waals surface area contributed by atoms with Crippen LogP contribution in [-0.4, -0.2) is 32.4 Å². The van der Waals surface area contributed by atoms with E-state index in [1.807, 2.05) is 25.1 Å². The molecule has 2 rings (SSSR count). The summed E-state index contributed by atoms with van der Waals surface area (Å²) in [5.74, 6) is 0.555. The number of ether oxygens (including phenoxy) is 1. The first-order chi connectivity index (χ1) is 12.0. The average molecular weight is 361 g/mol. The van der Waals surface area contributed by atoms with Gasteiger partial charge in [-0.15, -0.1) is 0 Å². The van der Waals surface area contributed by atoms with Gasteiger partial charge in [-0.3, -0.25) is 4.79 Å². The fourth-order valence-corrected chi connectivity index (χ4v) is 2.55. The Hall–Kier alpha value is -2.53. The van der Waals surface area contributed by atoms with Crippen molar-refractivity contribution in [3.05, 3.63) is 64.2 Å². The minimum absolute atomic E-state index is 0.213. The van der Waals surface area contributed by atoms with E-state index in [1.165, 1.54) is 7.11 Å². The molecule has 0 aromatic heterocycles. The van der Waals surface area contributed by atoms with E-state index in [4.69, 9.17) is 21.2 Å². The van der Waals surface area contributed by atoms with E-state index in [-0.39, 0.29) is 11.6 Å². The highest BCUT2D eigenvalue weighted by molar-refractivity contribution is 6.45. The summed E-state index contributed by atoms with van der Waals surface area (Å²) in [6, 6.07) is 12.8. The summed E-state index contributed by atoms with van der Waals surface area (Å²) in [4.78, 5) is 17.2. The molecule has 0 bridgehead atoms. The molecule has 1 N–H and O–H groups in total. The van der Waals surface area contributed by atoms with Gasteiger partial charge in [-0.1, -0.05) is 41.0 Å². The van der Waals surface area contributed by atoms with Crippen LogP contribution in [0.2, 0.25) is 5.02 Å². The van der Waals surface area contributed by atoms with Gasteiger partial charge in [0.15, 0.2) is 5.71 Å². The fraction of sp³-hybridized carbons (Fsp3) is 0.263. The first-order valence-electron chi connectivity index (χ1n) is 7.84. The van der Waals surface area contributed by atoms with Crippen LogP contribution in [0.15, 0.2) is 47.6 Å². The highest BCUT2D eigenvalue weighted by Gasteiger charge is 2.14. The molecule has 0 spiro atoms. The average Bonchev–Trinajstić information content (AvgIpc) is 2.60. The molecule has 0 saturated carbocycles. The molecule has 0 fully saturated rings. The number of methoxy groups -OCH3 is 1. The minimum atomic E-state index is -0.297. The van der Waals surface area contributed by atoms with Gasteiger partial charge in [-0.2, -0.15) is 0 Å². The third-order valence-corrected chi connectivity index (χ3v) is 3.93. The molecule has 1 amide bonds. The Bertz CT molecular complexity index is 758. The molecule has 6 heteroatoms. The van der Waals surface area contributed by atoms with Gasteiger partial charge in [-0.25, -0.2) is 0 Å². The zero-order valence-electron chi connectivity index (χ0n) is 14.5. The quantitative estimate of drug-likeness (QED) is 0.608. The minimum Gasteiger partial charge on any atom is -0.496 e. The largest absolute Gasteiger partial charge is 0.496 e. The van der Waals surface area contributed by atoms with E-state index in [9.17, 15) is 4.79 Å². The van der Waals surface area contributed by atoms with Gasteiger partial charge >= 0.3 is 0 Å². The van der Waals surface area contributed by atoms with Gasteiger partial charge in [0.25, 0.3) is 5.91 Å². The second kappa shape index (κ2) is 9.08. The second-order valence-electron chi connectivity index (χ2n) is 5.44. The lowest BCUT2D eigenvalue weighted by Crippen LogP contribution is -2.33. The second-order valence-corrected chi connectivity index (χ2v) is 5.88. The Morgan fingerprint density at radius 1 is 1.16 bits per heavy atom. The number of carbonyl (C=O) groups excluding carboxylic acids is 1. The van der Waals surface area contributed by atoms with Gasteiger partial charge in [0.05, 0.1) is 7.11 Å². The molecule has 132 valence electrons. The van der Waals surface area contributed by atoms with Crippen molar-refractivity contribution in [1.29, 1.82) is 0 Å². The third kappa shape index (κ3) is 5.22. The molecule has 2 aromatic rings. The van der Waals surface area contributed by atoms with Crippen molar-refractivity contribution >= 4 is 23.2 Å². The van der Waals surface area contributed by atoms with Crippen molar-refractivity contribution in [2.75, 3.05) is 20.8 Å². The standard InChI is InChI=1S/C19H21ClN2O3/c1-13-12-14(4-9-17(13)24-2)10-11-21-19(23)18(22-25-3)15-5-7-16(20)8-6-15/h4-9,12H,10-11H2,1-3H3,(H,21,23). The van der Waals surface area contributed by atoms with E-state index >= 15 is 0 Å². The smallest absolute Gasteiger partial charge is 0.273 e. The summed E-state index contributed by atoms with van der Waals surface area (Å²) in [5, 5.41) is 7.29. The monoisotopic (exact) mass is 360 g/mol. The lowest BCUT2D eigenvalue weighted by atomic mass is 10.1. The van der Waals surface area contributed by atoms with Crippen LogP contribution in [0.5, 0.6) is 5.75 Å². The van der Waals surface area contributed by atoms with Crippen LogP contribution < -0.4 is 10.1 Å². The molecule has 25 heavy (non-hydrogen) atoms. The SMILES string of the molecule is CON=C(C(=O)NCCc1ccc(OC)c(C)c1)c1ccc(Cl)cc1. The zero-order valence-corrected chi connectivity index (χ0v) is 15.3. The maximum Gasteiger partial charge on any atom is 0.273 e. The van der Waals surface area contributed by atoms with Gasteiger partial charge in [0.1, 0.15) is 12.9 Å². The summed E-state index contributed by atoms with van der Waals surface area (Å²) in [6.45, 7) is 2.48. The van der Waals surface area contributed by atoms with Crippen LogP contribution >= 0.6 is 11.6 Å². The molecule has 0 radical (unpaired) electrons. The zero-order chi connectivity index (χ0) is 18.2. The van der Waals surface area contributed by atoms with E-state index in [0.717, 1.165) is 16.9 Å². The van der Waals surface area contributed by atoms with E-state index in [0.29, 0.717) is 23.6 Å². The number of hydrogen-bond acceptors (Lipinski definition) is 4. The molecule has 0 saturated heterocycles. The predicted molar refractivity (Wildman–Crippen MR) is 99.4 cm³/mol. The number of nitrogens with zero attached hydrogens (tertiary/aromatic N) is 1. The molecule has 5 nitrogen and oxygen atoms in total. The van der Waals surface area contributed by atoms with E-state index in [1.54, 1.807) is 31.4 Å². The van der Waals surface area contributed by atoms with Crippen LogP contribution in [0.25, 0.3) is 0 Å². The highest BCUT2D eigenvalue weighted by atomic mass is 35.5. The maximum absolute atomic E-state index is 12.4. The van der Waals surface area contributed by atoms with Crippen molar-refractivity contribution in [3.8, 4) is 5.75 Å². The molecule has 0 aliphatic rings. The third-order valence-electron chi connectivity index (χ3n) is 3.67. The Morgan fingerprint density at radius 3 is 2.48 bits per heavy atom. The Kier molecular flexibility index (Phi) is 6.83. The van der Waals surface area contributed by atoms with Crippen molar-refractivity contribution < 1.29 is 14.4 Å². The number of hydrogen-bond donors (Lipinski definition) is 1. The lowest BCUT2D eigenvalue weighted by molar-refractivity contribution is -0.114. The molecule has 0 heterocycles. The summed E-state index contributed by atoms with van der Waals surface area (Å²) < 4.78 is 5.25. The van der Waals surface area contributed by atoms with E-state index in [2.05, 4.69) is 10.5 Å². The normalized spacial score (nSPS) is 11.1. The molecular formula is C19H21ClN2O3. The number of oxime groups is 1. The summed E-state index contributed by atoms with van der Waals surface area (Å²) in [7, 11) is 3.05. The van der Waals surface area contributed by atoms with Crippen molar-refractivity contribution in [2.24, 2.45) is 5.16 Å². The number of carbonyl (C=O) groups is 1. The number of nitrogens with one attached hydrogen (secondary N) is 1. The summed E-state index contributed by atoms with van der Waals surface area (Å²) in [6.07, 6.45) is 0.706. The van der Waals surface area contributed by atoms with Crippen LogP contribution in [0.4, 0.5) is 0 Å². The van der Waals surface area contributed by atoms with Gasteiger partial charge in [-0.05, 0) is 42.7 Å². The van der Waals surface area contributed by atoms with Gasteiger partial charge in [0.2, 0.25) is 0 Å². The first kappa shape index (κ1) is 18.8. The highest BCUT2D eigenvalue weighted by Crippen LogP contribution is 2.18. The number of benzene rings is 2. The van der Waals surface area contributed by atoms with Gasteiger partial charge < -0.3 is 14.9 Å². The number of amides is 1. The Balaban J connectivity index is 1.98. The van der Waals surface area contributed by atoms with Crippen molar-refractivity contribution in [2.45, 2.75) is 13.3 Å². The molecule has 0 atom stereocenters. The molecule has 0 aliphatic heterocycles. The summed E-state index contributed by atoms with van der Waals surface area (Å²) in [5.41, 5.74) is 3.04. The molecular weight excluding hydrogens is 340 g/mol. The van der Waals surface area contributed by atoms with Gasteiger partial charge in [0, 0.05) is 17.1 Å². The Labute approximate surface area is 152 Å². The van der Waals surface area contributed by atoms with Crippen LogP contribution in [0.1, 0.15) is 16.7 Å². The number of rotatable bonds is 7. The number of aryl methyl sites for hydroxylation is 1. The topological polar surface area (TPSA) is 59.9 Å². The lowest BCUT2D eigenvalue weighted by Gasteiger charge is -2.10. The van der Waals surface area contributed by atoms with Crippen molar-refractivity contribution in [1.82, 2.24) is 5.32 Å². The van der Waals surface area contributed by atoms with Crippen molar-refractivity contribution in [3.63, 3.8) is 0 Å². The van der Waals surface area contributed by atoms with Crippen LogP contribution in [0, 0.1) is 6.92 Å². The maximum atomic E-state index is 12.4. The first-order valence-corrected chi connectivity index (χ1v) is 8.21. The fourth-order valence-electron chi connectivity index (χ4n) is 2.42. The van der Waals surface area contributed by atoms with Crippen LogP contribution in [-0.2, 0) is 16.1 Å².